The van der Waals surface area contributed by atoms with Crippen LogP contribution in [0.5, 0.6) is 0 Å². The highest BCUT2D eigenvalue weighted by Crippen LogP contribution is 2.35. The van der Waals surface area contributed by atoms with Crippen LogP contribution in [0.1, 0.15) is 25.3 Å². The summed E-state index contributed by atoms with van der Waals surface area (Å²) in [5.74, 6) is 0.0789. The number of rotatable bonds is 5. The highest BCUT2D eigenvalue weighted by molar-refractivity contribution is 6.30. The second-order valence-corrected chi connectivity index (χ2v) is 6.04. The van der Waals surface area contributed by atoms with E-state index in [0.717, 1.165) is 5.56 Å². The van der Waals surface area contributed by atoms with Gasteiger partial charge in [-0.15, -0.1) is 0 Å². The van der Waals surface area contributed by atoms with Crippen molar-refractivity contribution in [1.29, 1.82) is 0 Å². The minimum atomic E-state index is -0.504. The molecule has 1 aliphatic heterocycles. The molecule has 1 aliphatic rings. The number of carbonyl (C=O) groups excluding carboxylic acids is 1. The molecule has 1 unspecified atom stereocenters. The summed E-state index contributed by atoms with van der Waals surface area (Å²) in [6.07, 6.45) is 1.41. The molecule has 1 aromatic rings. The molecule has 116 valence electrons. The summed E-state index contributed by atoms with van der Waals surface area (Å²) in [6.45, 7) is 3.88. The average molecular weight is 311 g/mol. The molecule has 0 aromatic heterocycles. The first-order valence-electron chi connectivity index (χ1n) is 7.38. The molecule has 0 radical (unpaired) electrons. The topological polar surface area (TPSA) is 50.4 Å². The van der Waals surface area contributed by atoms with Crippen LogP contribution in [0.3, 0.4) is 0 Å². The van der Waals surface area contributed by atoms with Crippen molar-refractivity contribution < 1.29 is 9.53 Å². The first-order chi connectivity index (χ1) is 10.1. The van der Waals surface area contributed by atoms with Crippen molar-refractivity contribution in [3.8, 4) is 0 Å². The number of benzene rings is 1. The molecule has 0 spiro atoms. The van der Waals surface area contributed by atoms with Gasteiger partial charge < -0.3 is 15.4 Å². The van der Waals surface area contributed by atoms with Gasteiger partial charge in [0.25, 0.3) is 0 Å². The molecule has 0 saturated carbocycles. The summed E-state index contributed by atoms with van der Waals surface area (Å²) < 4.78 is 5.45. The molecule has 1 amide bonds. The third-order valence-corrected chi connectivity index (χ3v) is 4.49. The number of halogens is 1. The minimum absolute atomic E-state index is 0.0789. The minimum Gasteiger partial charge on any atom is -0.381 e. The molecule has 1 atom stereocenters. The number of nitrogens with one attached hydrogen (secondary N) is 2. The number of hydrogen-bond acceptors (Lipinski definition) is 3. The van der Waals surface area contributed by atoms with E-state index in [1.54, 1.807) is 0 Å². The normalized spacial score (nSPS) is 19.0. The van der Waals surface area contributed by atoms with Crippen molar-refractivity contribution in [2.24, 2.45) is 0 Å². The molecule has 2 N–H and O–H groups in total. The van der Waals surface area contributed by atoms with Gasteiger partial charge in [-0.1, -0.05) is 23.7 Å². The van der Waals surface area contributed by atoms with Gasteiger partial charge in [0, 0.05) is 30.8 Å². The zero-order valence-electron chi connectivity index (χ0n) is 12.6. The van der Waals surface area contributed by atoms with Gasteiger partial charge in [0.1, 0.15) is 0 Å². The molecular formula is C16H23ClN2O2. The van der Waals surface area contributed by atoms with E-state index >= 15 is 0 Å². The van der Waals surface area contributed by atoms with Gasteiger partial charge in [-0.25, -0.2) is 0 Å². The van der Waals surface area contributed by atoms with E-state index in [9.17, 15) is 4.79 Å². The Labute approximate surface area is 131 Å². The van der Waals surface area contributed by atoms with Crippen LogP contribution in [-0.4, -0.2) is 38.8 Å². The van der Waals surface area contributed by atoms with Gasteiger partial charge in [0.15, 0.2) is 0 Å². The van der Waals surface area contributed by atoms with Crippen molar-refractivity contribution in [1.82, 2.24) is 10.6 Å². The van der Waals surface area contributed by atoms with Gasteiger partial charge in [0.2, 0.25) is 5.91 Å². The number of likely N-dealkylation sites (N-methyl/N-ethyl adjacent to an activating group) is 1. The molecule has 0 aliphatic carbocycles. The fraction of sp³-hybridized carbons (Fsp3) is 0.562. The van der Waals surface area contributed by atoms with Crippen LogP contribution in [0.2, 0.25) is 5.02 Å². The molecule has 1 aromatic carbocycles. The fourth-order valence-corrected chi connectivity index (χ4v) is 2.78. The number of ether oxygens (including phenoxy) is 1. The first kappa shape index (κ1) is 16.3. The van der Waals surface area contributed by atoms with Crippen LogP contribution in [0.25, 0.3) is 0 Å². The zero-order chi connectivity index (χ0) is 15.3. The van der Waals surface area contributed by atoms with Gasteiger partial charge in [-0.3, -0.25) is 4.79 Å². The van der Waals surface area contributed by atoms with Crippen molar-refractivity contribution in [3.63, 3.8) is 0 Å². The van der Waals surface area contributed by atoms with Crippen molar-refractivity contribution >= 4 is 17.5 Å². The summed E-state index contributed by atoms with van der Waals surface area (Å²) in [6, 6.07) is 7.84. The second kappa shape index (κ2) is 7.25. The standard InChI is InChI=1S/C16H23ClN2O2/c1-12(18-2)11-19-15(20)16(7-9-21-10-8-16)13-3-5-14(17)6-4-13/h3-6,12,18H,7-11H2,1-2H3,(H,19,20). The molecule has 5 heteroatoms. The van der Waals surface area contributed by atoms with E-state index in [2.05, 4.69) is 10.6 Å². The summed E-state index contributed by atoms with van der Waals surface area (Å²) in [5.41, 5.74) is 0.515. The third kappa shape index (κ3) is 3.76. The van der Waals surface area contributed by atoms with E-state index in [1.165, 1.54) is 0 Å². The molecule has 1 saturated heterocycles. The van der Waals surface area contributed by atoms with E-state index in [-0.39, 0.29) is 11.9 Å². The maximum absolute atomic E-state index is 12.8. The van der Waals surface area contributed by atoms with Crippen molar-refractivity contribution in [2.45, 2.75) is 31.2 Å². The predicted octanol–water partition coefficient (Wildman–Crippen LogP) is 2.11. The van der Waals surface area contributed by atoms with Crippen LogP contribution in [0.4, 0.5) is 0 Å². The summed E-state index contributed by atoms with van der Waals surface area (Å²) in [7, 11) is 1.89. The Kier molecular flexibility index (Phi) is 5.62. The second-order valence-electron chi connectivity index (χ2n) is 5.60. The Hall–Kier alpha value is -1.10. The van der Waals surface area contributed by atoms with E-state index in [0.29, 0.717) is 37.6 Å². The maximum atomic E-state index is 12.8. The van der Waals surface area contributed by atoms with E-state index in [1.807, 2.05) is 38.2 Å². The highest BCUT2D eigenvalue weighted by Gasteiger charge is 2.41. The molecule has 21 heavy (non-hydrogen) atoms. The maximum Gasteiger partial charge on any atom is 0.230 e. The van der Waals surface area contributed by atoms with Gasteiger partial charge in [-0.05, 0) is 44.5 Å². The Morgan fingerprint density at radius 2 is 1.95 bits per heavy atom. The predicted molar refractivity (Wildman–Crippen MR) is 84.7 cm³/mol. The lowest BCUT2D eigenvalue weighted by atomic mass is 9.73. The Morgan fingerprint density at radius 3 is 2.52 bits per heavy atom. The molecule has 1 fully saturated rings. The fourth-order valence-electron chi connectivity index (χ4n) is 2.65. The molecule has 1 heterocycles. The molecular weight excluding hydrogens is 288 g/mol. The highest BCUT2D eigenvalue weighted by atomic mass is 35.5. The number of carbonyl (C=O) groups is 1. The van der Waals surface area contributed by atoms with Crippen LogP contribution in [-0.2, 0) is 14.9 Å². The summed E-state index contributed by atoms with van der Waals surface area (Å²) in [4.78, 5) is 12.8. The molecule has 2 rings (SSSR count). The quantitative estimate of drug-likeness (QED) is 0.876. The number of hydrogen-bond donors (Lipinski definition) is 2. The van der Waals surface area contributed by atoms with Crippen LogP contribution < -0.4 is 10.6 Å². The van der Waals surface area contributed by atoms with E-state index in [4.69, 9.17) is 16.3 Å². The average Bonchev–Trinajstić information content (AvgIpc) is 2.53. The van der Waals surface area contributed by atoms with E-state index < -0.39 is 5.41 Å². The summed E-state index contributed by atoms with van der Waals surface area (Å²) >= 11 is 5.96. The van der Waals surface area contributed by atoms with Crippen LogP contribution in [0, 0.1) is 0 Å². The monoisotopic (exact) mass is 310 g/mol. The van der Waals surface area contributed by atoms with Gasteiger partial charge in [0.05, 0.1) is 5.41 Å². The smallest absolute Gasteiger partial charge is 0.230 e. The van der Waals surface area contributed by atoms with Crippen LogP contribution >= 0.6 is 11.6 Å². The van der Waals surface area contributed by atoms with Gasteiger partial charge in [-0.2, -0.15) is 0 Å². The van der Waals surface area contributed by atoms with Crippen molar-refractivity contribution in [2.75, 3.05) is 26.8 Å². The van der Waals surface area contributed by atoms with Crippen molar-refractivity contribution in [3.05, 3.63) is 34.9 Å². The molecule has 4 nitrogen and oxygen atoms in total. The Bertz CT molecular complexity index is 470. The zero-order valence-corrected chi connectivity index (χ0v) is 13.4. The molecule has 0 bridgehead atoms. The third-order valence-electron chi connectivity index (χ3n) is 4.24. The summed E-state index contributed by atoms with van der Waals surface area (Å²) in [5, 5.41) is 6.88. The largest absolute Gasteiger partial charge is 0.381 e. The number of amides is 1. The SMILES string of the molecule is CNC(C)CNC(=O)C1(c2ccc(Cl)cc2)CCOCC1. The first-order valence-corrected chi connectivity index (χ1v) is 7.75. The lowest BCUT2D eigenvalue weighted by Gasteiger charge is -2.36. The Morgan fingerprint density at radius 1 is 1.33 bits per heavy atom. The lowest BCUT2D eigenvalue weighted by Crippen LogP contribution is -2.50. The van der Waals surface area contributed by atoms with Crippen LogP contribution in [0.15, 0.2) is 24.3 Å². The lowest BCUT2D eigenvalue weighted by molar-refractivity contribution is -0.130. The van der Waals surface area contributed by atoms with Gasteiger partial charge >= 0.3 is 0 Å². The Balaban J connectivity index is 2.20.